The second-order valence-electron chi connectivity index (χ2n) is 5.64. The molecular formula is C14H22ClN3O2. The molecule has 1 aliphatic carbocycles. The third-order valence-electron chi connectivity index (χ3n) is 3.92. The van der Waals surface area contributed by atoms with Gasteiger partial charge in [-0.05, 0) is 24.7 Å². The molecule has 20 heavy (non-hydrogen) atoms. The van der Waals surface area contributed by atoms with Gasteiger partial charge in [0, 0.05) is 6.54 Å². The molecule has 2 atom stereocenters. The van der Waals surface area contributed by atoms with Gasteiger partial charge in [0.15, 0.2) is 0 Å². The van der Waals surface area contributed by atoms with Gasteiger partial charge in [0.25, 0.3) is 5.56 Å². The maximum Gasteiger partial charge on any atom is 0.287 e. The summed E-state index contributed by atoms with van der Waals surface area (Å²) in [5, 5.41) is 16.2. The van der Waals surface area contributed by atoms with Crippen LogP contribution in [-0.2, 0) is 6.54 Å². The number of aliphatic hydroxyl groups excluding tert-OH is 1. The fourth-order valence-corrected chi connectivity index (χ4v) is 3.05. The van der Waals surface area contributed by atoms with Crippen molar-refractivity contribution < 1.29 is 5.11 Å². The third kappa shape index (κ3) is 3.73. The summed E-state index contributed by atoms with van der Waals surface area (Å²) in [7, 11) is 0. The van der Waals surface area contributed by atoms with E-state index < -0.39 is 0 Å². The molecule has 1 saturated carbocycles. The van der Waals surface area contributed by atoms with E-state index in [4.69, 9.17) is 16.7 Å². The van der Waals surface area contributed by atoms with Gasteiger partial charge in [-0.25, -0.2) is 4.68 Å². The van der Waals surface area contributed by atoms with Gasteiger partial charge in [0.05, 0.1) is 25.0 Å². The van der Waals surface area contributed by atoms with E-state index in [1.165, 1.54) is 30.4 Å². The lowest BCUT2D eigenvalue weighted by molar-refractivity contribution is 0.266. The molecule has 0 radical (unpaired) electrons. The molecule has 0 aliphatic heterocycles. The lowest BCUT2D eigenvalue weighted by Gasteiger charge is -2.27. The minimum atomic E-state index is -0.359. The summed E-state index contributed by atoms with van der Waals surface area (Å²) in [4.78, 5) is 11.9. The van der Waals surface area contributed by atoms with E-state index in [1.807, 2.05) is 0 Å². The van der Waals surface area contributed by atoms with Gasteiger partial charge < -0.3 is 10.4 Å². The van der Waals surface area contributed by atoms with E-state index in [9.17, 15) is 4.79 Å². The first-order valence-electron chi connectivity index (χ1n) is 7.22. The van der Waals surface area contributed by atoms with E-state index in [0.717, 1.165) is 12.5 Å². The van der Waals surface area contributed by atoms with Gasteiger partial charge in [-0.15, -0.1) is 0 Å². The predicted octanol–water partition coefficient (Wildman–Crippen LogP) is 2.13. The molecule has 0 bridgehead atoms. The van der Waals surface area contributed by atoms with Gasteiger partial charge in [0.2, 0.25) is 0 Å². The minimum Gasteiger partial charge on any atom is -0.394 e. The van der Waals surface area contributed by atoms with E-state index in [-0.39, 0.29) is 23.7 Å². The van der Waals surface area contributed by atoms with Crippen LogP contribution in [0.25, 0.3) is 0 Å². The number of rotatable bonds is 5. The van der Waals surface area contributed by atoms with Gasteiger partial charge >= 0.3 is 0 Å². The third-order valence-corrected chi connectivity index (χ3v) is 4.29. The molecule has 1 heterocycles. The van der Waals surface area contributed by atoms with Crippen molar-refractivity contribution in [2.45, 2.75) is 39.2 Å². The second-order valence-corrected chi connectivity index (χ2v) is 6.02. The van der Waals surface area contributed by atoms with Crippen LogP contribution >= 0.6 is 11.6 Å². The Bertz CT molecular complexity index is 504. The highest BCUT2D eigenvalue weighted by molar-refractivity contribution is 6.32. The molecular weight excluding hydrogens is 278 g/mol. The van der Waals surface area contributed by atoms with E-state index >= 15 is 0 Å². The molecule has 1 aromatic heterocycles. The highest BCUT2D eigenvalue weighted by Crippen LogP contribution is 2.29. The van der Waals surface area contributed by atoms with Crippen LogP contribution in [0.4, 0.5) is 5.69 Å². The standard InChI is InChI=1S/C14H22ClN3O2/c1-10-3-2-4-11(7-10)8-16-12-9-17-18(5-6-19)14(20)13(12)15/h9-11,16,19H,2-8H2,1H3. The van der Waals surface area contributed by atoms with Crippen molar-refractivity contribution in [1.29, 1.82) is 0 Å². The number of aromatic nitrogens is 2. The molecule has 0 saturated heterocycles. The van der Waals surface area contributed by atoms with Crippen molar-refractivity contribution in [3.63, 3.8) is 0 Å². The van der Waals surface area contributed by atoms with Gasteiger partial charge in [-0.3, -0.25) is 4.79 Å². The minimum absolute atomic E-state index is 0.129. The van der Waals surface area contributed by atoms with E-state index in [0.29, 0.717) is 11.6 Å². The zero-order valence-corrected chi connectivity index (χ0v) is 12.6. The molecule has 0 spiro atoms. The van der Waals surface area contributed by atoms with Crippen molar-refractivity contribution >= 4 is 17.3 Å². The first kappa shape index (κ1) is 15.3. The Balaban J connectivity index is 1.99. The van der Waals surface area contributed by atoms with Crippen molar-refractivity contribution in [2.24, 2.45) is 11.8 Å². The average Bonchev–Trinajstić information content (AvgIpc) is 2.43. The highest BCUT2D eigenvalue weighted by atomic mass is 35.5. The van der Waals surface area contributed by atoms with Crippen LogP contribution in [-0.4, -0.2) is 28.0 Å². The Morgan fingerprint density at radius 1 is 1.55 bits per heavy atom. The van der Waals surface area contributed by atoms with Crippen LogP contribution in [0.15, 0.2) is 11.0 Å². The van der Waals surface area contributed by atoms with Crippen LogP contribution in [0.5, 0.6) is 0 Å². The summed E-state index contributed by atoms with van der Waals surface area (Å²) < 4.78 is 1.18. The number of nitrogens with zero attached hydrogens (tertiary/aromatic N) is 2. The van der Waals surface area contributed by atoms with E-state index in [1.54, 1.807) is 6.20 Å². The maximum atomic E-state index is 11.9. The number of anilines is 1. The van der Waals surface area contributed by atoms with E-state index in [2.05, 4.69) is 17.3 Å². The van der Waals surface area contributed by atoms with Crippen molar-refractivity contribution in [3.8, 4) is 0 Å². The zero-order chi connectivity index (χ0) is 14.5. The quantitative estimate of drug-likeness (QED) is 0.874. The SMILES string of the molecule is CC1CCCC(CNc2cnn(CCO)c(=O)c2Cl)C1. The number of halogens is 1. The number of nitrogens with one attached hydrogen (secondary N) is 1. The fourth-order valence-electron chi connectivity index (χ4n) is 2.84. The first-order valence-corrected chi connectivity index (χ1v) is 7.60. The Morgan fingerprint density at radius 3 is 3.05 bits per heavy atom. The Morgan fingerprint density at radius 2 is 2.35 bits per heavy atom. The summed E-state index contributed by atoms with van der Waals surface area (Å²) in [6.07, 6.45) is 6.60. The van der Waals surface area contributed by atoms with Crippen LogP contribution in [0.3, 0.4) is 0 Å². The predicted molar refractivity (Wildman–Crippen MR) is 80.2 cm³/mol. The second kappa shape index (κ2) is 7.09. The largest absolute Gasteiger partial charge is 0.394 e. The molecule has 1 aliphatic rings. The van der Waals surface area contributed by atoms with Crippen molar-refractivity contribution in [3.05, 3.63) is 21.6 Å². The summed E-state index contributed by atoms with van der Waals surface area (Å²) in [5.74, 6) is 1.41. The molecule has 1 fully saturated rings. The molecule has 5 nitrogen and oxygen atoms in total. The van der Waals surface area contributed by atoms with Gasteiger partial charge in [-0.2, -0.15) is 5.10 Å². The topological polar surface area (TPSA) is 67.2 Å². The molecule has 2 unspecified atom stereocenters. The molecule has 6 heteroatoms. The maximum absolute atomic E-state index is 11.9. The van der Waals surface area contributed by atoms with Crippen LogP contribution < -0.4 is 10.9 Å². The Hall–Kier alpha value is -1.07. The zero-order valence-electron chi connectivity index (χ0n) is 11.8. The summed E-state index contributed by atoms with van der Waals surface area (Å²) >= 11 is 6.06. The molecule has 1 aromatic rings. The fraction of sp³-hybridized carbons (Fsp3) is 0.714. The smallest absolute Gasteiger partial charge is 0.287 e. The van der Waals surface area contributed by atoms with Crippen LogP contribution in [0.1, 0.15) is 32.6 Å². The molecule has 2 rings (SSSR count). The number of aliphatic hydroxyl groups is 1. The summed E-state index contributed by atoms with van der Waals surface area (Å²) in [5.41, 5.74) is 0.229. The average molecular weight is 300 g/mol. The highest BCUT2D eigenvalue weighted by Gasteiger charge is 2.19. The van der Waals surface area contributed by atoms with Crippen LogP contribution in [0.2, 0.25) is 5.02 Å². The lowest BCUT2D eigenvalue weighted by Crippen LogP contribution is -2.27. The summed E-state index contributed by atoms with van der Waals surface area (Å²) in [6, 6.07) is 0. The van der Waals surface area contributed by atoms with Crippen molar-refractivity contribution in [2.75, 3.05) is 18.5 Å². The number of hydrogen-bond acceptors (Lipinski definition) is 4. The van der Waals surface area contributed by atoms with Gasteiger partial charge in [0.1, 0.15) is 5.02 Å². The van der Waals surface area contributed by atoms with Crippen LogP contribution in [0, 0.1) is 11.8 Å². The normalized spacial score (nSPS) is 22.8. The van der Waals surface area contributed by atoms with Gasteiger partial charge in [-0.1, -0.05) is 31.4 Å². The molecule has 0 amide bonds. The molecule has 112 valence electrons. The van der Waals surface area contributed by atoms with Crippen molar-refractivity contribution in [1.82, 2.24) is 9.78 Å². The summed E-state index contributed by atoms with van der Waals surface area (Å²) in [6.45, 7) is 3.15. The monoisotopic (exact) mass is 299 g/mol. The first-order chi connectivity index (χ1) is 9.61. The molecule has 2 N–H and O–H groups in total. The number of hydrogen-bond donors (Lipinski definition) is 2. The Labute approximate surface area is 124 Å². The molecule has 0 aromatic carbocycles. The lowest BCUT2D eigenvalue weighted by atomic mass is 9.82. The Kier molecular flexibility index (Phi) is 5.43.